The van der Waals surface area contributed by atoms with Crippen LogP contribution in [-0.4, -0.2) is 24.0 Å². The van der Waals surface area contributed by atoms with E-state index in [-0.39, 0.29) is 5.54 Å². The molecule has 16 heavy (non-hydrogen) atoms. The average molecular weight is 285 g/mol. The summed E-state index contributed by atoms with van der Waals surface area (Å²) in [6.07, 6.45) is 0.996. The molecule has 0 fully saturated rings. The summed E-state index contributed by atoms with van der Waals surface area (Å²) in [5.74, 6) is 0. The Bertz CT molecular complexity index is 336. The zero-order valence-electron chi connectivity index (χ0n) is 10.3. The van der Waals surface area contributed by atoms with E-state index in [1.54, 1.807) is 0 Å². The standard InChI is InChI=1S/C13H21BrN2/c1-4-13(2,15)10-16(3)9-11-6-5-7-12(14)8-11/h5-8H,4,9-10,15H2,1-3H3. The third kappa shape index (κ3) is 4.64. The highest BCUT2D eigenvalue weighted by Crippen LogP contribution is 2.14. The molecule has 0 aliphatic rings. The number of benzene rings is 1. The lowest BCUT2D eigenvalue weighted by Crippen LogP contribution is -2.45. The Labute approximate surface area is 107 Å². The second-order valence-corrected chi connectivity index (χ2v) is 5.73. The third-order valence-electron chi connectivity index (χ3n) is 2.78. The van der Waals surface area contributed by atoms with Crippen molar-refractivity contribution < 1.29 is 0 Å². The Morgan fingerprint density at radius 2 is 2.12 bits per heavy atom. The van der Waals surface area contributed by atoms with Gasteiger partial charge in [-0.3, -0.25) is 0 Å². The Kier molecular flexibility index (Phi) is 4.96. The van der Waals surface area contributed by atoms with Gasteiger partial charge in [0.05, 0.1) is 0 Å². The summed E-state index contributed by atoms with van der Waals surface area (Å²) < 4.78 is 1.13. The summed E-state index contributed by atoms with van der Waals surface area (Å²) in [6, 6.07) is 8.40. The minimum absolute atomic E-state index is 0.0965. The summed E-state index contributed by atoms with van der Waals surface area (Å²) in [5, 5.41) is 0. The Morgan fingerprint density at radius 1 is 1.44 bits per heavy atom. The molecule has 0 heterocycles. The van der Waals surface area contributed by atoms with E-state index in [0.717, 1.165) is 24.0 Å². The average Bonchev–Trinajstić information content (AvgIpc) is 2.16. The summed E-state index contributed by atoms with van der Waals surface area (Å²) >= 11 is 3.48. The maximum atomic E-state index is 6.15. The number of hydrogen-bond acceptors (Lipinski definition) is 2. The van der Waals surface area contributed by atoms with Crippen molar-refractivity contribution in [1.82, 2.24) is 4.90 Å². The van der Waals surface area contributed by atoms with E-state index < -0.39 is 0 Å². The maximum absolute atomic E-state index is 6.15. The zero-order valence-corrected chi connectivity index (χ0v) is 11.9. The molecule has 0 spiro atoms. The van der Waals surface area contributed by atoms with Gasteiger partial charge in [-0.1, -0.05) is 35.0 Å². The second kappa shape index (κ2) is 5.80. The topological polar surface area (TPSA) is 29.3 Å². The molecule has 1 unspecified atom stereocenters. The second-order valence-electron chi connectivity index (χ2n) is 4.81. The first kappa shape index (κ1) is 13.7. The van der Waals surface area contributed by atoms with Crippen LogP contribution in [-0.2, 0) is 6.54 Å². The number of halogens is 1. The van der Waals surface area contributed by atoms with Crippen molar-refractivity contribution in [1.29, 1.82) is 0 Å². The Morgan fingerprint density at radius 3 is 2.69 bits per heavy atom. The molecular formula is C13H21BrN2. The van der Waals surface area contributed by atoms with Crippen LogP contribution in [0.4, 0.5) is 0 Å². The van der Waals surface area contributed by atoms with Crippen LogP contribution in [0.5, 0.6) is 0 Å². The number of likely N-dealkylation sites (N-methyl/N-ethyl adjacent to an activating group) is 1. The van der Waals surface area contributed by atoms with Gasteiger partial charge < -0.3 is 10.6 Å². The van der Waals surface area contributed by atoms with Gasteiger partial charge in [0.1, 0.15) is 0 Å². The van der Waals surface area contributed by atoms with Crippen LogP contribution < -0.4 is 5.73 Å². The molecule has 90 valence electrons. The van der Waals surface area contributed by atoms with E-state index in [9.17, 15) is 0 Å². The first-order valence-corrected chi connectivity index (χ1v) is 6.44. The van der Waals surface area contributed by atoms with Crippen LogP contribution in [0.1, 0.15) is 25.8 Å². The van der Waals surface area contributed by atoms with Crippen LogP contribution in [0.15, 0.2) is 28.7 Å². The third-order valence-corrected chi connectivity index (χ3v) is 3.27. The molecule has 2 nitrogen and oxygen atoms in total. The molecule has 0 bridgehead atoms. The highest BCUT2D eigenvalue weighted by molar-refractivity contribution is 9.10. The van der Waals surface area contributed by atoms with Gasteiger partial charge >= 0.3 is 0 Å². The molecule has 0 aliphatic heterocycles. The van der Waals surface area contributed by atoms with E-state index in [1.807, 2.05) is 6.07 Å². The van der Waals surface area contributed by atoms with Gasteiger partial charge in [0, 0.05) is 23.1 Å². The molecule has 1 rings (SSSR count). The molecule has 0 amide bonds. The van der Waals surface area contributed by atoms with E-state index in [2.05, 4.69) is 59.9 Å². The number of rotatable bonds is 5. The molecule has 0 saturated carbocycles. The van der Waals surface area contributed by atoms with E-state index >= 15 is 0 Å². The smallest absolute Gasteiger partial charge is 0.0252 e. The van der Waals surface area contributed by atoms with E-state index in [1.165, 1.54) is 5.56 Å². The monoisotopic (exact) mass is 284 g/mol. The molecule has 0 radical (unpaired) electrons. The zero-order chi connectivity index (χ0) is 12.2. The summed E-state index contributed by atoms with van der Waals surface area (Å²) in [7, 11) is 2.11. The minimum atomic E-state index is -0.0965. The van der Waals surface area contributed by atoms with E-state index in [4.69, 9.17) is 5.73 Å². The largest absolute Gasteiger partial charge is 0.324 e. The lowest BCUT2D eigenvalue weighted by atomic mass is 10.00. The SMILES string of the molecule is CCC(C)(N)CN(C)Cc1cccc(Br)c1. The van der Waals surface area contributed by atoms with Crippen LogP contribution in [0.2, 0.25) is 0 Å². The highest BCUT2D eigenvalue weighted by atomic mass is 79.9. The lowest BCUT2D eigenvalue weighted by molar-refractivity contribution is 0.246. The highest BCUT2D eigenvalue weighted by Gasteiger charge is 2.17. The van der Waals surface area contributed by atoms with Crippen molar-refractivity contribution in [3.05, 3.63) is 34.3 Å². The van der Waals surface area contributed by atoms with Crippen LogP contribution in [0.3, 0.4) is 0 Å². The molecule has 2 N–H and O–H groups in total. The van der Waals surface area contributed by atoms with Gasteiger partial charge in [0.25, 0.3) is 0 Å². The van der Waals surface area contributed by atoms with Crippen LogP contribution in [0.25, 0.3) is 0 Å². The fraction of sp³-hybridized carbons (Fsp3) is 0.538. The fourth-order valence-electron chi connectivity index (χ4n) is 1.73. The normalized spacial score (nSPS) is 15.1. The lowest BCUT2D eigenvalue weighted by Gasteiger charge is -2.29. The molecule has 0 aliphatic carbocycles. The molecule has 1 aromatic rings. The Balaban J connectivity index is 2.55. The first-order chi connectivity index (χ1) is 7.43. The van der Waals surface area contributed by atoms with Gasteiger partial charge in [0.2, 0.25) is 0 Å². The fourth-order valence-corrected chi connectivity index (χ4v) is 2.18. The summed E-state index contributed by atoms with van der Waals surface area (Å²) in [4.78, 5) is 2.27. The van der Waals surface area contributed by atoms with E-state index in [0.29, 0.717) is 0 Å². The minimum Gasteiger partial charge on any atom is -0.324 e. The molecule has 0 saturated heterocycles. The van der Waals surface area contributed by atoms with Gasteiger partial charge in [-0.25, -0.2) is 0 Å². The van der Waals surface area contributed by atoms with Crippen molar-refractivity contribution in [2.45, 2.75) is 32.4 Å². The van der Waals surface area contributed by atoms with Crippen LogP contribution in [0, 0.1) is 0 Å². The van der Waals surface area contributed by atoms with Crippen molar-refractivity contribution >= 4 is 15.9 Å². The Hall–Kier alpha value is -0.380. The number of hydrogen-bond donors (Lipinski definition) is 1. The summed E-state index contributed by atoms with van der Waals surface area (Å²) in [5.41, 5.74) is 7.36. The predicted molar refractivity (Wildman–Crippen MR) is 73.4 cm³/mol. The molecule has 3 heteroatoms. The molecular weight excluding hydrogens is 264 g/mol. The molecule has 1 atom stereocenters. The predicted octanol–water partition coefficient (Wildman–Crippen LogP) is 3.01. The van der Waals surface area contributed by atoms with Crippen molar-refractivity contribution in [3.63, 3.8) is 0 Å². The van der Waals surface area contributed by atoms with Crippen molar-refractivity contribution in [2.75, 3.05) is 13.6 Å². The molecule has 0 aromatic heterocycles. The quantitative estimate of drug-likeness (QED) is 0.901. The van der Waals surface area contributed by atoms with Gasteiger partial charge in [-0.2, -0.15) is 0 Å². The summed E-state index contributed by atoms with van der Waals surface area (Å²) in [6.45, 7) is 6.08. The van der Waals surface area contributed by atoms with Gasteiger partial charge in [-0.05, 0) is 38.1 Å². The van der Waals surface area contributed by atoms with Crippen LogP contribution >= 0.6 is 15.9 Å². The number of nitrogens with zero attached hydrogens (tertiary/aromatic N) is 1. The molecule has 1 aromatic carbocycles. The van der Waals surface area contributed by atoms with Gasteiger partial charge in [0.15, 0.2) is 0 Å². The number of nitrogens with two attached hydrogens (primary N) is 1. The van der Waals surface area contributed by atoms with Crippen molar-refractivity contribution in [3.8, 4) is 0 Å². The van der Waals surface area contributed by atoms with Crippen molar-refractivity contribution in [2.24, 2.45) is 5.73 Å². The maximum Gasteiger partial charge on any atom is 0.0252 e. The van der Waals surface area contributed by atoms with Gasteiger partial charge in [-0.15, -0.1) is 0 Å². The first-order valence-electron chi connectivity index (χ1n) is 5.65.